The number of likely N-dealkylation sites (tertiary alicyclic amines) is 1. The highest BCUT2D eigenvalue weighted by Crippen LogP contribution is 2.22. The standard InChI is InChI=1S/C20H31N3O2/c1-4-12-22(3)19(24)18-8-6-16(7-9-18)15-17-10-13-23(14-11-17)20(25)21-5-2/h6-9,17H,4-5,10-15H2,1-3H3,(H,21,25). The van der Waals surface area contributed by atoms with E-state index in [2.05, 4.69) is 24.4 Å². The number of hydrogen-bond acceptors (Lipinski definition) is 2. The molecule has 0 spiro atoms. The largest absolute Gasteiger partial charge is 0.342 e. The Morgan fingerprint density at radius 2 is 1.80 bits per heavy atom. The van der Waals surface area contributed by atoms with Gasteiger partial charge in [-0.05, 0) is 56.2 Å². The second-order valence-corrected chi connectivity index (χ2v) is 6.89. The Hall–Kier alpha value is -2.04. The molecule has 1 aromatic carbocycles. The van der Waals surface area contributed by atoms with Gasteiger partial charge in [0, 0.05) is 38.8 Å². The van der Waals surface area contributed by atoms with E-state index >= 15 is 0 Å². The van der Waals surface area contributed by atoms with Crippen LogP contribution in [0.2, 0.25) is 0 Å². The molecule has 3 amide bonds. The number of piperidine rings is 1. The van der Waals surface area contributed by atoms with Crippen LogP contribution < -0.4 is 5.32 Å². The average Bonchev–Trinajstić information content (AvgIpc) is 2.63. The zero-order valence-corrected chi connectivity index (χ0v) is 15.8. The third kappa shape index (κ3) is 5.48. The number of nitrogens with zero attached hydrogens (tertiary/aromatic N) is 2. The fourth-order valence-corrected chi connectivity index (χ4v) is 3.38. The highest BCUT2D eigenvalue weighted by Gasteiger charge is 2.22. The normalized spacial score (nSPS) is 15.1. The van der Waals surface area contributed by atoms with E-state index in [0.29, 0.717) is 12.5 Å². The van der Waals surface area contributed by atoms with E-state index < -0.39 is 0 Å². The van der Waals surface area contributed by atoms with Crippen LogP contribution >= 0.6 is 0 Å². The molecule has 0 aliphatic carbocycles. The smallest absolute Gasteiger partial charge is 0.317 e. The number of nitrogens with one attached hydrogen (secondary N) is 1. The van der Waals surface area contributed by atoms with Crippen LogP contribution in [0.15, 0.2) is 24.3 Å². The van der Waals surface area contributed by atoms with Gasteiger partial charge < -0.3 is 15.1 Å². The van der Waals surface area contributed by atoms with E-state index in [1.807, 2.05) is 31.0 Å². The average molecular weight is 345 g/mol. The van der Waals surface area contributed by atoms with E-state index in [1.165, 1.54) is 5.56 Å². The van der Waals surface area contributed by atoms with Crippen LogP contribution in [-0.2, 0) is 6.42 Å². The van der Waals surface area contributed by atoms with Crippen molar-refractivity contribution in [2.24, 2.45) is 5.92 Å². The Bertz CT molecular complexity index is 563. The Morgan fingerprint density at radius 1 is 1.16 bits per heavy atom. The van der Waals surface area contributed by atoms with Crippen LogP contribution in [0.5, 0.6) is 0 Å². The SMILES string of the molecule is CCCN(C)C(=O)c1ccc(CC2CCN(C(=O)NCC)CC2)cc1. The summed E-state index contributed by atoms with van der Waals surface area (Å²) >= 11 is 0. The predicted molar refractivity (Wildman–Crippen MR) is 101 cm³/mol. The van der Waals surface area contributed by atoms with Gasteiger partial charge in [-0.2, -0.15) is 0 Å². The summed E-state index contributed by atoms with van der Waals surface area (Å²) in [6.07, 6.45) is 4.06. The summed E-state index contributed by atoms with van der Waals surface area (Å²) < 4.78 is 0. The Labute approximate surface area is 151 Å². The van der Waals surface area contributed by atoms with Crippen LogP contribution in [0, 0.1) is 5.92 Å². The Kier molecular flexibility index (Phi) is 7.29. The lowest BCUT2D eigenvalue weighted by atomic mass is 9.90. The summed E-state index contributed by atoms with van der Waals surface area (Å²) in [7, 11) is 1.85. The molecule has 1 aliphatic heterocycles. The minimum Gasteiger partial charge on any atom is -0.342 e. The molecule has 5 nitrogen and oxygen atoms in total. The quantitative estimate of drug-likeness (QED) is 0.861. The number of carbonyl (C=O) groups is 2. The van der Waals surface area contributed by atoms with Crippen LogP contribution in [0.4, 0.5) is 4.79 Å². The molecular formula is C20H31N3O2. The summed E-state index contributed by atoms with van der Waals surface area (Å²) in [4.78, 5) is 27.8. The van der Waals surface area contributed by atoms with Gasteiger partial charge in [0.05, 0.1) is 0 Å². The van der Waals surface area contributed by atoms with Crippen molar-refractivity contribution < 1.29 is 9.59 Å². The molecule has 1 saturated heterocycles. The first kappa shape index (κ1) is 19.3. The third-order valence-electron chi connectivity index (χ3n) is 4.86. The molecular weight excluding hydrogens is 314 g/mol. The lowest BCUT2D eigenvalue weighted by Gasteiger charge is -2.32. The number of benzene rings is 1. The van der Waals surface area contributed by atoms with E-state index in [4.69, 9.17) is 0 Å². The number of urea groups is 1. The number of rotatable bonds is 6. The van der Waals surface area contributed by atoms with Gasteiger partial charge in [0.2, 0.25) is 0 Å². The fourth-order valence-electron chi connectivity index (χ4n) is 3.38. The first-order chi connectivity index (χ1) is 12.0. The third-order valence-corrected chi connectivity index (χ3v) is 4.86. The molecule has 2 rings (SSSR count). The molecule has 1 fully saturated rings. The van der Waals surface area contributed by atoms with Gasteiger partial charge in [-0.15, -0.1) is 0 Å². The lowest BCUT2D eigenvalue weighted by Crippen LogP contribution is -2.44. The maximum atomic E-state index is 12.3. The Morgan fingerprint density at radius 3 is 2.36 bits per heavy atom. The van der Waals surface area contributed by atoms with E-state index in [-0.39, 0.29) is 11.9 Å². The van der Waals surface area contributed by atoms with Crippen molar-refractivity contribution in [2.75, 3.05) is 33.2 Å². The van der Waals surface area contributed by atoms with Crippen LogP contribution in [0.25, 0.3) is 0 Å². The van der Waals surface area contributed by atoms with E-state index in [0.717, 1.165) is 50.9 Å². The van der Waals surface area contributed by atoms with Gasteiger partial charge in [-0.25, -0.2) is 4.79 Å². The minimum absolute atomic E-state index is 0.0556. The van der Waals surface area contributed by atoms with Crippen molar-refractivity contribution in [1.82, 2.24) is 15.1 Å². The van der Waals surface area contributed by atoms with Gasteiger partial charge in [0.25, 0.3) is 5.91 Å². The highest BCUT2D eigenvalue weighted by molar-refractivity contribution is 5.94. The molecule has 0 aromatic heterocycles. The van der Waals surface area contributed by atoms with Crippen molar-refractivity contribution in [3.63, 3.8) is 0 Å². The summed E-state index contributed by atoms with van der Waals surface area (Å²) in [6, 6.07) is 8.08. The first-order valence-corrected chi connectivity index (χ1v) is 9.42. The summed E-state index contributed by atoms with van der Waals surface area (Å²) in [5.74, 6) is 0.693. The van der Waals surface area contributed by atoms with Gasteiger partial charge in [0.1, 0.15) is 0 Å². The van der Waals surface area contributed by atoms with Crippen LogP contribution in [0.1, 0.15) is 49.0 Å². The van der Waals surface area contributed by atoms with Crippen molar-refractivity contribution in [2.45, 2.75) is 39.5 Å². The van der Waals surface area contributed by atoms with Crippen LogP contribution in [-0.4, -0.2) is 55.0 Å². The highest BCUT2D eigenvalue weighted by atomic mass is 16.2. The maximum Gasteiger partial charge on any atom is 0.317 e. The number of carbonyl (C=O) groups excluding carboxylic acids is 2. The number of amides is 3. The van der Waals surface area contributed by atoms with E-state index in [9.17, 15) is 9.59 Å². The van der Waals surface area contributed by atoms with Gasteiger partial charge in [0.15, 0.2) is 0 Å². The summed E-state index contributed by atoms with van der Waals surface area (Å²) in [6.45, 7) is 7.13. The molecule has 138 valence electrons. The minimum atomic E-state index is 0.0556. The summed E-state index contributed by atoms with van der Waals surface area (Å²) in [5.41, 5.74) is 2.02. The molecule has 5 heteroatoms. The monoisotopic (exact) mass is 345 g/mol. The molecule has 1 aromatic rings. The van der Waals surface area contributed by atoms with Crippen LogP contribution in [0.3, 0.4) is 0 Å². The second kappa shape index (κ2) is 9.44. The van der Waals surface area contributed by atoms with Crippen molar-refractivity contribution in [3.05, 3.63) is 35.4 Å². The maximum absolute atomic E-state index is 12.3. The second-order valence-electron chi connectivity index (χ2n) is 6.89. The predicted octanol–water partition coefficient (Wildman–Crippen LogP) is 3.15. The molecule has 0 bridgehead atoms. The van der Waals surface area contributed by atoms with E-state index in [1.54, 1.807) is 4.90 Å². The molecule has 25 heavy (non-hydrogen) atoms. The van der Waals surface area contributed by atoms with Gasteiger partial charge in [-0.3, -0.25) is 4.79 Å². The molecule has 1 aliphatic rings. The molecule has 0 radical (unpaired) electrons. The zero-order valence-electron chi connectivity index (χ0n) is 15.8. The first-order valence-electron chi connectivity index (χ1n) is 9.42. The molecule has 1 heterocycles. The van der Waals surface area contributed by atoms with Gasteiger partial charge >= 0.3 is 6.03 Å². The molecule has 1 N–H and O–H groups in total. The van der Waals surface area contributed by atoms with Crippen molar-refractivity contribution in [1.29, 1.82) is 0 Å². The van der Waals surface area contributed by atoms with Crippen molar-refractivity contribution in [3.8, 4) is 0 Å². The number of hydrogen-bond donors (Lipinski definition) is 1. The zero-order chi connectivity index (χ0) is 18.2. The fraction of sp³-hybridized carbons (Fsp3) is 0.600. The summed E-state index contributed by atoms with van der Waals surface area (Å²) in [5, 5.41) is 2.87. The Balaban J connectivity index is 1.84. The topological polar surface area (TPSA) is 52.7 Å². The van der Waals surface area contributed by atoms with Gasteiger partial charge in [-0.1, -0.05) is 19.1 Å². The molecule has 0 atom stereocenters. The van der Waals surface area contributed by atoms with Crippen molar-refractivity contribution >= 4 is 11.9 Å². The molecule has 0 saturated carbocycles. The lowest BCUT2D eigenvalue weighted by molar-refractivity contribution is 0.0795. The molecule has 0 unspecified atom stereocenters.